The molecule has 0 amide bonds. The number of nitrogens with two attached hydrogens (primary N) is 1. The minimum absolute atomic E-state index is 0.127. The van der Waals surface area contributed by atoms with E-state index in [4.69, 9.17) is 10.5 Å². The van der Waals surface area contributed by atoms with Crippen LogP contribution in [0.1, 0.15) is 12.8 Å². The second-order valence-electron chi connectivity index (χ2n) is 4.25. The first-order valence-electron chi connectivity index (χ1n) is 5.85. The van der Waals surface area contributed by atoms with Crippen LogP contribution in [0.4, 0.5) is 0 Å². The summed E-state index contributed by atoms with van der Waals surface area (Å²) in [4.78, 5) is 4.00. The van der Waals surface area contributed by atoms with Gasteiger partial charge in [-0.3, -0.25) is 4.98 Å². The molecule has 4 nitrogen and oxygen atoms in total. The van der Waals surface area contributed by atoms with Gasteiger partial charge in [-0.25, -0.2) is 0 Å². The van der Waals surface area contributed by atoms with Crippen LogP contribution in [0.2, 0.25) is 0 Å². The van der Waals surface area contributed by atoms with Gasteiger partial charge in [0.25, 0.3) is 0 Å². The summed E-state index contributed by atoms with van der Waals surface area (Å²) in [7, 11) is 0. The van der Waals surface area contributed by atoms with E-state index >= 15 is 0 Å². The first-order valence-corrected chi connectivity index (χ1v) is 5.85. The highest BCUT2D eigenvalue weighted by molar-refractivity contribution is 5.15. The molecule has 0 saturated carbocycles. The SMILES string of the molecule is NC(COc1cccnc1)C1CCNCC1. The molecule has 1 aliphatic rings. The van der Waals surface area contributed by atoms with E-state index in [1.54, 1.807) is 12.4 Å². The normalized spacial score (nSPS) is 19.3. The molecule has 2 rings (SSSR count). The number of piperidine rings is 1. The lowest BCUT2D eigenvalue weighted by Gasteiger charge is -2.27. The summed E-state index contributed by atoms with van der Waals surface area (Å²) < 4.78 is 5.61. The van der Waals surface area contributed by atoms with E-state index in [-0.39, 0.29) is 6.04 Å². The van der Waals surface area contributed by atoms with E-state index < -0.39 is 0 Å². The molecule has 1 fully saturated rings. The first-order chi connectivity index (χ1) is 7.86. The Hall–Kier alpha value is -1.13. The van der Waals surface area contributed by atoms with Crippen molar-refractivity contribution in [1.82, 2.24) is 10.3 Å². The van der Waals surface area contributed by atoms with Crippen LogP contribution in [-0.2, 0) is 0 Å². The van der Waals surface area contributed by atoms with Gasteiger partial charge in [-0.2, -0.15) is 0 Å². The van der Waals surface area contributed by atoms with Gasteiger partial charge in [-0.05, 0) is 44.0 Å². The summed E-state index contributed by atoms with van der Waals surface area (Å²) in [6, 6.07) is 3.90. The fourth-order valence-electron chi connectivity index (χ4n) is 2.03. The summed E-state index contributed by atoms with van der Waals surface area (Å²) >= 11 is 0. The molecule has 2 heterocycles. The molecule has 88 valence electrons. The Morgan fingerprint density at radius 2 is 2.31 bits per heavy atom. The van der Waals surface area contributed by atoms with Crippen molar-refractivity contribution < 1.29 is 4.74 Å². The van der Waals surface area contributed by atoms with Gasteiger partial charge in [-0.1, -0.05) is 0 Å². The molecule has 3 N–H and O–H groups in total. The molecular formula is C12H19N3O. The summed E-state index contributed by atoms with van der Waals surface area (Å²) in [5, 5.41) is 3.34. The van der Waals surface area contributed by atoms with Crippen LogP contribution in [-0.4, -0.2) is 30.7 Å². The number of hydrogen-bond donors (Lipinski definition) is 2. The minimum Gasteiger partial charge on any atom is -0.490 e. The van der Waals surface area contributed by atoms with Crippen LogP contribution in [0, 0.1) is 5.92 Å². The van der Waals surface area contributed by atoms with Crippen molar-refractivity contribution in [2.75, 3.05) is 19.7 Å². The maximum Gasteiger partial charge on any atom is 0.137 e. The summed E-state index contributed by atoms with van der Waals surface area (Å²) in [6.07, 6.45) is 5.75. The maximum atomic E-state index is 6.12. The molecular weight excluding hydrogens is 202 g/mol. The average molecular weight is 221 g/mol. The fourth-order valence-corrected chi connectivity index (χ4v) is 2.03. The second-order valence-corrected chi connectivity index (χ2v) is 4.25. The molecule has 4 heteroatoms. The molecule has 0 bridgehead atoms. The zero-order valence-electron chi connectivity index (χ0n) is 9.43. The molecule has 0 aromatic carbocycles. The number of ether oxygens (including phenoxy) is 1. The molecule has 1 aromatic rings. The minimum atomic E-state index is 0.127. The third kappa shape index (κ3) is 3.18. The zero-order valence-corrected chi connectivity index (χ0v) is 9.43. The number of hydrogen-bond acceptors (Lipinski definition) is 4. The smallest absolute Gasteiger partial charge is 0.137 e. The van der Waals surface area contributed by atoms with Gasteiger partial charge >= 0.3 is 0 Å². The number of nitrogens with zero attached hydrogens (tertiary/aromatic N) is 1. The van der Waals surface area contributed by atoms with Crippen LogP contribution in [0.5, 0.6) is 5.75 Å². The lowest BCUT2D eigenvalue weighted by atomic mass is 9.91. The van der Waals surface area contributed by atoms with Crippen molar-refractivity contribution in [3.63, 3.8) is 0 Å². The molecule has 1 unspecified atom stereocenters. The van der Waals surface area contributed by atoms with E-state index in [9.17, 15) is 0 Å². The van der Waals surface area contributed by atoms with Crippen LogP contribution < -0.4 is 15.8 Å². The Labute approximate surface area is 96.2 Å². The summed E-state index contributed by atoms with van der Waals surface area (Å²) in [5.41, 5.74) is 6.12. The fraction of sp³-hybridized carbons (Fsp3) is 0.583. The van der Waals surface area contributed by atoms with Crippen molar-refractivity contribution in [2.45, 2.75) is 18.9 Å². The molecule has 1 aromatic heterocycles. The van der Waals surface area contributed by atoms with Crippen molar-refractivity contribution >= 4 is 0 Å². The van der Waals surface area contributed by atoms with E-state index in [0.717, 1.165) is 31.7 Å². The Morgan fingerprint density at radius 1 is 1.50 bits per heavy atom. The maximum absolute atomic E-state index is 6.12. The number of aromatic nitrogens is 1. The van der Waals surface area contributed by atoms with Gasteiger partial charge < -0.3 is 15.8 Å². The Balaban J connectivity index is 1.76. The topological polar surface area (TPSA) is 60.2 Å². The highest BCUT2D eigenvalue weighted by Crippen LogP contribution is 2.16. The lowest BCUT2D eigenvalue weighted by Crippen LogP contribution is -2.41. The molecule has 1 saturated heterocycles. The standard InChI is InChI=1S/C12H19N3O/c13-12(10-3-6-14-7-4-10)9-16-11-2-1-5-15-8-11/h1-2,5,8,10,12,14H,3-4,6-7,9,13H2. The first kappa shape index (κ1) is 11.4. The van der Waals surface area contributed by atoms with E-state index in [2.05, 4.69) is 10.3 Å². The highest BCUT2D eigenvalue weighted by atomic mass is 16.5. The molecule has 0 aliphatic carbocycles. The quantitative estimate of drug-likeness (QED) is 0.789. The number of pyridine rings is 1. The molecule has 16 heavy (non-hydrogen) atoms. The van der Waals surface area contributed by atoms with Gasteiger partial charge in [0.15, 0.2) is 0 Å². The predicted octanol–water partition coefficient (Wildman–Crippen LogP) is 0.787. The van der Waals surface area contributed by atoms with E-state index in [1.165, 1.54) is 0 Å². The zero-order chi connectivity index (χ0) is 11.2. The third-order valence-electron chi connectivity index (χ3n) is 3.07. The average Bonchev–Trinajstić information content (AvgIpc) is 2.38. The lowest BCUT2D eigenvalue weighted by molar-refractivity contribution is 0.219. The third-order valence-corrected chi connectivity index (χ3v) is 3.07. The molecule has 1 atom stereocenters. The van der Waals surface area contributed by atoms with Crippen molar-refractivity contribution in [2.24, 2.45) is 11.7 Å². The van der Waals surface area contributed by atoms with Gasteiger partial charge in [0.2, 0.25) is 0 Å². The second kappa shape index (κ2) is 5.82. The van der Waals surface area contributed by atoms with Crippen LogP contribution in [0.25, 0.3) is 0 Å². The largest absolute Gasteiger partial charge is 0.490 e. The van der Waals surface area contributed by atoms with E-state index in [1.807, 2.05) is 12.1 Å². The van der Waals surface area contributed by atoms with Crippen LogP contribution >= 0.6 is 0 Å². The van der Waals surface area contributed by atoms with E-state index in [0.29, 0.717) is 12.5 Å². The van der Waals surface area contributed by atoms with Crippen molar-refractivity contribution in [1.29, 1.82) is 0 Å². The van der Waals surface area contributed by atoms with Gasteiger partial charge in [0.1, 0.15) is 12.4 Å². The molecule has 1 aliphatic heterocycles. The van der Waals surface area contributed by atoms with Crippen LogP contribution in [0.3, 0.4) is 0 Å². The predicted molar refractivity (Wildman–Crippen MR) is 63.3 cm³/mol. The van der Waals surface area contributed by atoms with Crippen molar-refractivity contribution in [3.8, 4) is 5.75 Å². The highest BCUT2D eigenvalue weighted by Gasteiger charge is 2.20. The molecule has 0 radical (unpaired) electrons. The van der Waals surface area contributed by atoms with Gasteiger partial charge in [0.05, 0.1) is 6.20 Å². The Bertz CT molecular complexity index is 298. The van der Waals surface area contributed by atoms with Gasteiger partial charge in [-0.15, -0.1) is 0 Å². The number of rotatable bonds is 4. The van der Waals surface area contributed by atoms with Crippen LogP contribution in [0.15, 0.2) is 24.5 Å². The molecule has 0 spiro atoms. The van der Waals surface area contributed by atoms with Crippen molar-refractivity contribution in [3.05, 3.63) is 24.5 Å². The number of nitrogens with one attached hydrogen (secondary N) is 1. The van der Waals surface area contributed by atoms with Gasteiger partial charge in [0, 0.05) is 12.2 Å². The Morgan fingerprint density at radius 3 is 3.00 bits per heavy atom. The summed E-state index contributed by atoms with van der Waals surface area (Å²) in [6.45, 7) is 2.73. The Kier molecular flexibility index (Phi) is 4.13. The summed E-state index contributed by atoms with van der Waals surface area (Å²) in [5.74, 6) is 1.38. The monoisotopic (exact) mass is 221 g/mol.